The summed E-state index contributed by atoms with van der Waals surface area (Å²) < 4.78 is 0. The second kappa shape index (κ2) is 4.72. The second-order valence-corrected chi connectivity index (χ2v) is 4.59. The number of benzene rings is 1. The van der Waals surface area contributed by atoms with Gasteiger partial charge >= 0.3 is 0 Å². The molecule has 0 bridgehead atoms. The maximum Gasteiger partial charge on any atom is 0.146 e. The lowest BCUT2D eigenvalue weighted by Gasteiger charge is -2.22. The summed E-state index contributed by atoms with van der Waals surface area (Å²) in [5.74, 6) is 0.697. The van der Waals surface area contributed by atoms with Crippen molar-refractivity contribution in [2.75, 3.05) is 7.05 Å². The average molecular weight is 230 g/mol. The molecular formula is C14H18N2O. The van der Waals surface area contributed by atoms with Crippen LogP contribution in [0.5, 0.6) is 5.75 Å². The van der Waals surface area contributed by atoms with E-state index in [2.05, 4.69) is 24.1 Å². The summed E-state index contributed by atoms with van der Waals surface area (Å²) in [4.78, 5) is 4.24. The summed E-state index contributed by atoms with van der Waals surface area (Å²) in [6.45, 7) is 4.26. The van der Waals surface area contributed by atoms with Crippen LogP contribution in [-0.4, -0.2) is 17.1 Å². The third-order valence-electron chi connectivity index (χ3n) is 3.09. The van der Waals surface area contributed by atoms with Crippen molar-refractivity contribution in [3.63, 3.8) is 0 Å². The predicted molar refractivity (Wildman–Crippen MR) is 70.0 cm³/mol. The number of phenols is 1. The van der Waals surface area contributed by atoms with E-state index in [-0.39, 0.29) is 11.8 Å². The molecule has 90 valence electrons. The number of hydrogen-bond acceptors (Lipinski definition) is 3. The van der Waals surface area contributed by atoms with Gasteiger partial charge in [0, 0.05) is 23.2 Å². The number of aromatic nitrogens is 1. The molecule has 0 amide bonds. The van der Waals surface area contributed by atoms with E-state index < -0.39 is 0 Å². The van der Waals surface area contributed by atoms with Crippen LogP contribution in [-0.2, 0) is 0 Å². The molecule has 3 nitrogen and oxygen atoms in total. The lowest BCUT2D eigenvalue weighted by molar-refractivity contribution is 0.410. The van der Waals surface area contributed by atoms with Crippen molar-refractivity contribution in [2.24, 2.45) is 5.92 Å². The first-order valence-electron chi connectivity index (χ1n) is 5.89. The Kier molecular flexibility index (Phi) is 3.29. The number of pyridine rings is 1. The summed E-state index contributed by atoms with van der Waals surface area (Å²) in [5, 5.41) is 14.5. The number of nitrogens with one attached hydrogen (secondary N) is 1. The molecule has 0 saturated carbocycles. The Labute approximate surface area is 102 Å². The monoisotopic (exact) mass is 230 g/mol. The molecule has 0 aliphatic rings. The molecule has 1 unspecified atom stereocenters. The lowest BCUT2D eigenvalue weighted by Crippen LogP contribution is -2.21. The normalized spacial score (nSPS) is 13.2. The third-order valence-corrected chi connectivity index (χ3v) is 3.09. The topological polar surface area (TPSA) is 45.2 Å². The zero-order chi connectivity index (χ0) is 12.4. The summed E-state index contributed by atoms with van der Waals surface area (Å²) in [6, 6.07) is 7.95. The molecule has 1 aromatic carbocycles. The lowest BCUT2D eigenvalue weighted by atomic mass is 9.94. The molecule has 0 spiro atoms. The van der Waals surface area contributed by atoms with E-state index in [4.69, 9.17) is 0 Å². The second-order valence-electron chi connectivity index (χ2n) is 4.59. The Balaban J connectivity index is 2.59. The molecule has 1 heterocycles. The van der Waals surface area contributed by atoms with Gasteiger partial charge in [0.05, 0.1) is 0 Å². The van der Waals surface area contributed by atoms with Gasteiger partial charge in [0.15, 0.2) is 0 Å². The van der Waals surface area contributed by atoms with Gasteiger partial charge in [0.2, 0.25) is 0 Å². The SMILES string of the molecule is CNC(c1ccc2cccnc2c1O)C(C)C. The van der Waals surface area contributed by atoms with E-state index in [9.17, 15) is 5.11 Å². The van der Waals surface area contributed by atoms with Crippen LogP contribution in [0.15, 0.2) is 30.5 Å². The van der Waals surface area contributed by atoms with Gasteiger partial charge in [-0.3, -0.25) is 4.98 Å². The van der Waals surface area contributed by atoms with Crippen LogP contribution in [0.4, 0.5) is 0 Å². The molecule has 3 heteroatoms. The summed E-state index contributed by atoms with van der Waals surface area (Å²) in [6.07, 6.45) is 1.70. The largest absolute Gasteiger partial charge is 0.505 e. The van der Waals surface area contributed by atoms with E-state index >= 15 is 0 Å². The minimum absolute atomic E-state index is 0.140. The standard InChI is InChI=1S/C14H18N2O/c1-9(2)12(15-3)11-7-6-10-5-4-8-16-13(10)14(11)17/h4-9,12,15,17H,1-3H3. The molecule has 17 heavy (non-hydrogen) atoms. The molecule has 2 N–H and O–H groups in total. The fourth-order valence-corrected chi connectivity index (χ4v) is 2.24. The number of nitrogens with zero attached hydrogens (tertiary/aromatic N) is 1. The Hall–Kier alpha value is -1.61. The number of phenolic OH excluding ortho intramolecular Hbond substituents is 1. The van der Waals surface area contributed by atoms with E-state index in [0.29, 0.717) is 11.4 Å². The van der Waals surface area contributed by atoms with Crippen LogP contribution in [0.2, 0.25) is 0 Å². The highest BCUT2D eigenvalue weighted by Gasteiger charge is 2.18. The number of aromatic hydroxyl groups is 1. The Morgan fingerprint density at radius 1 is 1.24 bits per heavy atom. The molecule has 1 aromatic heterocycles. The summed E-state index contributed by atoms with van der Waals surface area (Å²) >= 11 is 0. The first-order valence-corrected chi connectivity index (χ1v) is 5.89. The first-order chi connectivity index (χ1) is 8.15. The van der Waals surface area contributed by atoms with Gasteiger partial charge in [-0.2, -0.15) is 0 Å². The Morgan fingerprint density at radius 2 is 2.00 bits per heavy atom. The van der Waals surface area contributed by atoms with Gasteiger partial charge in [0.1, 0.15) is 11.3 Å². The van der Waals surface area contributed by atoms with Crippen molar-refractivity contribution in [3.8, 4) is 5.75 Å². The number of fused-ring (bicyclic) bond motifs is 1. The van der Waals surface area contributed by atoms with E-state index in [1.165, 1.54) is 0 Å². The molecule has 1 atom stereocenters. The minimum Gasteiger partial charge on any atom is -0.505 e. The maximum atomic E-state index is 10.3. The van der Waals surface area contributed by atoms with Crippen molar-refractivity contribution in [1.82, 2.24) is 10.3 Å². The van der Waals surface area contributed by atoms with Gasteiger partial charge in [-0.15, -0.1) is 0 Å². The molecule has 2 rings (SSSR count). The van der Waals surface area contributed by atoms with Crippen molar-refractivity contribution in [3.05, 3.63) is 36.0 Å². The molecule has 0 fully saturated rings. The molecule has 0 radical (unpaired) electrons. The molecule has 2 aromatic rings. The summed E-state index contributed by atoms with van der Waals surface area (Å²) in [7, 11) is 1.91. The predicted octanol–water partition coefficient (Wildman–Crippen LogP) is 2.86. The highest BCUT2D eigenvalue weighted by atomic mass is 16.3. The van der Waals surface area contributed by atoms with Crippen molar-refractivity contribution < 1.29 is 5.11 Å². The molecule has 0 saturated heterocycles. The van der Waals surface area contributed by atoms with Crippen LogP contribution in [0, 0.1) is 5.92 Å². The fourth-order valence-electron chi connectivity index (χ4n) is 2.24. The van der Waals surface area contributed by atoms with Crippen LogP contribution >= 0.6 is 0 Å². The van der Waals surface area contributed by atoms with E-state index in [1.54, 1.807) is 6.20 Å². The molecule has 0 aliphatic carbocycles. The molecular weight excluding hydrogens is 212 g/mol. The van der Waals surface area contributed by atoms with Crippen LogP contribution in [0.3, 0.4) is 0 Å². The van der Waals surface area contributed by atoms with Crippen LogP contribution in [0.1, 0.15) is 25.5 Å². The maximum absolute atomic E-state index is 10.3. The zero-order valence-corrected chi connectivity index (χ0v) is 10.4. The van der Waals surface area contributed by atoms with E-state index in [1.807, 2.05) is 31.3 Å². The third kappa shape index (κ3) is 2.11. The Bertz CT molecular complexity index is 523. The quantitative estimate of drug-likeness (QED) is 0.852. The smallest absolute Gasteiger partial charge is 0.146 e. The van der Waals surface area contributed by atoms with Crippen LogP contribution in [0.25, 0.3) is 10.9 Å². The van der Waals surface area contributed by atoms with Gasteiger partial charge < -0.3 is 10.4 Å². The van der Waals surface area contributed by atoms with Crippen molar-refractivity contribution >= 4 is 10.9 Å². The molecule has 0 aliphatic heterocycles. The van der Waals surface area contributed by atoms with Crippen molar-refractivity contribution in [2.45, 2.75) is 19.9 Å². The highest BCUT2D eigenvalue weighted by molar-refractivity contribution is 5.85. The average Bonchev–Trinajstić information content (AvgIpc) is 2.33. The van der Waals surface area contributed by atoms with Gasteiger partial charge in [-0.25, -0.2) is 0 Å². The number of hydrogen-bond donors (Lipinski definition) is 2. The minimum atomic E-state index is 0.140. The number of rotatable bonds is 3. The van der Waals surface area contributed by atoms with Gasteiger partial charge in [-0.05, 0) is 19.0 Å². The van der Waals surface area contributed by atoms with Crippen molar-refractivity contribution in [1.29, 1.82) is 0 Å². The van der Waals surface area contributed by atoms with Gasteiger partial charge in [-0.1, -0.05) is 32.0 Å². The fraction of sp³-hybridized carbons (Fsp3) is 0.357. The van der Waals surface area contributed by atoms with Gasteiger partial charge in [0.25, 0.3) is 0 Å². The highest BCUT2D eigenvalue weighted by Crippen LogP contribution is 2.33. The first kappa shape index (κ1) is 11.9. The Morgan fingerprint density at radius 3 is 2.65 bits per heavy atom. The van der Waals surface area contributed by atoms with Crippen LogP contribution < -0.4 is 5.32 Å². The van der Waals surface area contributed by atoms with E-state index in [0.717, 1.165) is 10.9 Å². The summed E-state index contributed by atoms with van der Waals surface area (Å²) in [5.41, 5.74) is 1.58. The zero-order valence-electron chi connectivity index (χ0n) is 10.4.